The molecule has 128 valence electrons. The predicted octanol–water partition coefficient (Wildman–Crippen LogP) is 3.75. The molecule has 0 aliphatic rings. The van der Waals surface area contributed by atoms with Crippen molar-refractivity contribution in [2.75, 3.05) is 28.4 Å². The van der Waals surface area contributed by atoms with Gasteiger partial charge in [0.25, 0.3) is 5.91 Å². The fourth-order valence-electron chi connectivity index (χ4n) is 2.36. The van der Waals surface area contributed by atoms with Gasteiger partial charge in [-0.1, -0.05) is 28.1 Å². The van der Waals surface area contributed by atoms with Gasteiger partial charge in [0.05, 0.1) is 21.3 Å². The minimum atomic E-state index is -0.128. The lowest BCUT2D eigenvalue weighted by atomic mass is 10.1. The largest absolute Gasteiger partial charge is 0.493 e. The molecule has 0 aliphatic heterocycles. The molecule has 0 saturated carbocycles. The van der Waals surface area contributed by atoms with Gasteiger partial charge >= 0.3 is 0 Å². The number of benzene rings is 2. The second-order valence-corrected chi connectivity index (χ2v) is 6.12. The van der Waals surface area contributed by atoms with Gasteiger partial charge < -0.3 is 19.1 Å². The third kappa shape index (κ3) is 4.00. The van der Waals surface area contributed by atoms with Gasteiger partial charge in [-0.3, -0.25) is 4.79 Å². The Hall–Kier alpha value is -2.21. The average Bonchev–Trinajstić information content (AvgIpc) is 2.61. The number of carbonyl (C=O) groups is 1. The van der Waals surface area contributed by atoms with E-state index < -0.39 is 0 Å². The van der Waals surface area contributed by atoms with E-state index in [0.29, 0.717) is 29.4 Å². The average molecular weight is 394 g/mol. The van der Waals surface area contributed by atoms with E-state index in [1.807, 2.05) is 24.3 Å². The standard InChI is InChI=1S/C18H20BrNO4/c1-20(11-12-5-7-14(19)8-6-12)18(21)13-9-15(22-2)17(24-4)16(10-13)23-3/h5-10H,11H2,1-4H3. The summed E-state index contributed by atoms with van der Waals surface area (Å²) in [6.45, 7) is 0.503. The molecule has 6 heteroatoms. The smallest absolute Gasteiger partial charge is 0.254 e. The van der Waals surface area contributed by atoms with Gasteiger partial charge in [0, 0.05) is 23.6 Å². The zero-order valence-electron chi connectivity index (χ0n) is 14.1. The van der Waals surface area contributed by atoms with Crippen LogP contribution in [0.15, 0.2) is 40.9 Å². The van der Waals surface area contributed by atoms with E-state index in [2.05, 4.69) is 15.9 Å². The number of methoxy groups -OCH3 is 3. The van der Waals surface area contributed by atoms with Crippen molar-refractivity contribution in [2.45, 2.75) is 6.54 Å². The molecule has 0 radical (unpaired) electrons. The van der Waals surface area contributed by atoms with E-state index in [4.69, 9.17) is 14.2 Å². The van der Waals surface area contributed by atoms with Crippen molar-refractivity contribution in [3.63, 3.8) is 0 Å². The number of hydrogen-bond donors (Lipinski definition) is 0. The molecule has 0 unspecified atom stereocenters. The first-order chi connectivity index (χ1) is 11.5. The molecule has 0 saturated heterocycles. The van der Waals surface area contributed by atoms with Crippen LogP contribution in [0.1, 0.15) is 15.9 Å². The number of halogens is 1. The van der Waals surface area contributed by atoms with E-state index in [-0.39, 0.29) is 5.91 Å². The molecule has 2 aromatic rings. The first kappa shape index (κ1) is 18.1. The summed E-state index contributed by atoms with van der Waals surface area (Å²) in [4.78, 5) is 14.4. The van der Waals surface area contributed by atoms with Crippen LogP contribution in [0.3, 0.4) is 0 Å². The maximum absolute atomic E-state index is 12.7. The third-order valence-electron chi connectivity index (χ3n) is 3.59. The summed E-state index contributed by atoms with van der Waals surface area (Å²) in [5.74, 6) is 1.25. The van der Waals surface area contributed by atoms with Crippen LogP contribution in [-0.2, 0) is 6.54 Å². The second kappa shape index (κ2) is 8.06. The molecular weight excluding hydrogens is 374 g/mol. The van der Waals surface area contributed by atoms with E-state index in [1.165, 1.54) is 21.3 Å². The van der Waals surface area contributed by atoms with Crippen LogP contribution < -0.4 is 14.2 Å². The van der Waals surface area contributed by atoms with Gasteiger partial charge in [0.15, 0.2) is 11.5 Å². The van der Waals surface area contributed by atoms with Crippen molar-refractivity contribution in [1.29, 1.82) is 0 Å². The van der Waals surface area contributed by atoms with Crippen molar-refractivity contribution < 1.29 is 19.0 Å². The van der Waals surface area contributed by atoms with E-state index in [1.54, 1.807) is 24.1 Å². The molecule has 0 spiro atoms. The molecule has 0 fully saturated rings. The summed E-state index contributed by atoms with van der Waals surface area (Å²) in [5, 5.41) is 0. The maximum atomic E-state index is 12.7. The van der Waals surface area contributed by atoms with E-state index >= 15 is 0 Å². The highest BCUT2D eigenvalue weighted by atomic mass is 79.9. The molecule has 1 amide bonds. The van der Waals surface area contributed by atoms with Crippen molar-refractivity contribution >= 4 is 21.8 Å². The highest BCUT2D eigenvalue weighted by molar-refractivity contribution is 9.10. The van der Waals surface area contributed by atoms with Gasteiger partial charge in [0.1, 0.15) is 0 Å². The zero-order chi connectivity index (χ0) is 17.7. The van der Waals surface area contributed by atoms with Crippen molar-refractivity contribution in [3.8, 4) is 17.2 Å². The van der Waals surface area contributed by atoms with Crippen molar-refractivity contribution in [1.82, 2.24) is 4.90 Å². The summed E-state index contributed by atoms with van der Waals surface area (Å²) < 4.78 is 16.9. The Morgan fingerprint density at radius 3 is 2.00 bits per heavy atom. The summed E-state index contributed by atoms with van der Waals surface area (Å²) in [6.07, 6.45) is 0. The number of nitrogens with zero attached hydrogens (tertiary/aromatic N) is 1. The van der Waals surface area contributed by atoms with Crippen molar-refractivity contribution in [3.05, 3.63) is 52.0 Å². The minimum absolute atomic E-state index is 0.128. The third-order valence-corrected chi connectivity index (χ3v) is 4.12. The molecule has 0 atom stereocenters. The Morgan fingerprint density at radius 1 is 1.00 bits per heavy atom. The lowest BCUT2D eigenvalue weighted by Crippen LogP contribution is -2.26. The molecule has 2 aromatic carbocycles. The van der Waals surface area contributed by atoms with E-state index in [9.17, 15) is 4.79 Å². The van der Waals surface area contributed by atoms with Crippen LogP contribution in [0.4, 0.5) is 0 Å². The van der Waals surface area contributed by atoms with Crippen LogP contribution in [0.5, 0.6) is 17.2 Å². The summed E-state index contributed by atoms with van der Waals surface area (Å²) in [5.41, 5.74) is 1.52. The Morgan fingerprint density at radius 2 is 1.54 bits per heavy atom. The quantitative estimate of drug-likeness (QED) is 0.749. The number of carbonyl (C=O) groups excluding carboxylic acids is 1. The normalized spacial score (nSPS) is 10.2. The Kier molecular flexibility index (Phi) is 6.09. The van der Waals surface area contributed by atoms with Gasteiger partial charge in [-0.25, -0.2) is 0 Å². The first-order valence-electron chi connectivity index (χ1n) is 7.30. The second-order valence-electron chi connectivity index (χ2n) is 5.20. The highest BCUT2D eigenvalue weighted by Gasteiger charge is 2.19. The monoisotopic (exact) mass is 393 g/mol. The summed E-state index contributed by atoms with van der Waals surface area (Å²) >= 11 is 3.40. The van der Waals surface area contributed by atoms with Gasteiger partial charge in [-0.15, -0.1) is 0 Å². The Balaban J connectivity index is 2.26. The number of amides is 1. The van der Waals surface area contributed by atoms with Gasteiger partial charge in [-0.2, -0.15) is 0 Å². The van der Waals surface area contributed by atoms with Crippen LogP contribution in [-0.4, -0.2) is 39.2 Å². The van der Waals surface area contributed by atoms with Crippen molar-refractivity contribution in [2.24, 2.45) is 0 Å². The molecule has 5 nitrogen and oxygen atoms in total. The Labute approximate surface area is 150 Å². The molecule has 0 bridgehead atoms. The molecule has 0 aromatic heterocycles. The number of rotatable bonds is 6. The molecule has 2 rings (SSSR count). The van der Waals surface area contributed by atoms with Crippen LogP contribution in [0, 0.1) is 0 Å². The fraction of sp³-hybridized carbons (Fsp3) is 0.278. The molecule has 0 heterocycles. The summed E-state index contributed by atoms with van der Waals surface area (Å²) in [6, 6.07) is 11.2. The van der Waals surface area contributed by atoms with Crippen LogP contribution in [0.2, 0.25) is 0 Å². The van der Waals surface area contributed by atoms with E-state index in [0.717, 1.165) is 10.0 Å². The SMILES string of the molecule is COc1cc(C(=O)N(C)Cc2ccc(Br)cc2)cc(OC)c1OC. The highest BCUT2D eigenvalue weighted by Crippen LogP contribution is 2.38. The zero-order valence-corrected chi connectivity index (χ0v) is 15.7. The lowest BCUT2D eigenvalue weighted by molar-refractivity contribution is 0.0784. The predicted molar refractivity (Wildman–Crippen MR) is 96.0 cm³/mol. The first-order valence-corrected chi connectivity index (χ1v) is 8.09. The molecule has 0 N–H and O–H groups in total. The Bertz CT molecular complexity index is 690. The van der Waals surface area contributed by atoms with Gasteiger partial charge in [0.2, 0.25) is 5.75 Å². The molecular formula is C18H20BrNO4. The lowest BCUT2D eigenvalue weighted by Gasteiger charge is -2.19. The minimum Gasteiger partial charge on any atom is -0.493 e. The van der Waals surface area contributed by atoms with Crippen LogP contribution in [0.25, 0.3) is 0 Å². The molecule has 24 heavy (non-hydrogen) atoms. The number of ether oxygens (including phenoxy) is 3. The fourth-order valence-corrected chi connectivity index (χ4v) is 2.62. The molecule has 0 aliphatic carbocycles. The maximum Gasteiger partial charge on any atom is 0.254 e. The topological polar surface area (TPSA) is 48.0 Å². The number of hydrogen-bond acceptors (Lipinski definition) is 4. The van der Waals surface area contributed by atoms with Crippen LogP contribution >= 0.6 is 15.9 Å². The summed E-state index contributed by atoms with van der Waals surface area (Å²) in [7, 11) is 6.34. The van der Waals surface area contributed by atoms with Gasteiger partial charge in [-0.05, 0) is 29.8 Å².